The van der Waals surface area contributed by atoms with Crippen LogP contribution in [-0.4, -0.2) is 24.1 Å². The number of hydrogen-bond donors (Lipinski definition) is 0. The van der Waals surface area contributed by atoms with Crippen molar-refractivity contribution in [2.75, 3.05) is 0 Å². The maximum absolute atomic E-state index is 4.97. The van der Waals surface area contributed by atoms with Crippen LogP contribution < -0.4 is 0 Å². The summed E-state index contributed by atoms with van der Waals surface area (Å²) in [5, 5.41) is 4.92. The third kappa shape index (κ3) is 4.74. The van der Waals surface area contributed by atoms with Crippen molar-refractivity contribution < 1.29 is 0 Å². The number of benzene rings is 7. The molecule has 3 heterocycles. The summed E-state index contributed by atoms with van der Waals surface area (Å²) in [7, 11) is 0. The largest absolute Gasteiger partial charge is 0.309 e. The van der Waals surface area contributed by atoms with E-state index >= 15 is 0 Å². The molecule has 0 saturated carbocycles. The van der Waals surface area contributed by atoms with Gasteiger partial charge in [-0.1, -0.05) is 115 Å². The fourth-order valence-corrected chi connectivity index (χ4v) is 7.52. The number of hydrogen-bond acceptors (Lipinski definition) is 3. The van der Waals surface area contributed by atoms with E-state index < -0.39 is 0 Å². The Morgan fingerprint density at radius 1 is 0.373 bits per heavy atom. The molecule has 5 heteroatoms. The van der Waals surface area contributed by atoms with Crippen LogP contribution in [0.5, 0.6) is 0 Å². The van der Waals surface area contributed by atoms with Crippen LogP contribution in [0.3, 0.4) is 0 Å². The topological polar surface area (TPSA) is 48.5 Å². The van der Waals surface area contributed by atoms with Gasteiger partial charge in [-0.15, -0.1) is 0 Å². The molecule has 0 amide bonds. The number of aromatic nitrogens is 5. The average molecular weight is 654 g/mol. The summed E-state index contributed by atoms with van der Waals surface area (Å²) in [6.07, 6.45) is 0. The van der Waals surface area contributed by atoms with Crippen LogP contribution in [0.4, 0.5) is 0 Å². The van der Waals surface area contributed by atoms with E-state index in [0.717, 1.165) is 33.6 Å². The van der Waals surface area contributed by atoms with Gasteiger partial charge in [-0.2, -0.15) is 0 Å². The van der Waals surface area contributed by atoms with Gasteiger partial charge in [0.05, 0.1) is 22.1 Å². The number of aryl methyl sites for hydroxylation is 1. The number of fused-ring (bicyclic) bond motifs is 7. The van der Waals surface area contributed by atoms with Crippen molar-refractivity contribution in [3.63, 3.8) is 0 Å². The monoisotopic (exact) mass is 653 g/mol. The number of para-hydroxylation sites is 2. The Hall–Kier alpha value is -6.85. The molecule has 0 aliphatic carbocycles. The Labute approximate surface area is 294 Å². The molecule has 5 nitrogen and oxygen atoms in total. The van der Waals surface area contributed by atoms with E-state index in [0.29, 0.717) is 17.5 Å². The van der Waals surface area contributed by atoms with E-state index in [2.05, 4.69) is 125 Å². The molecule has 0 bridgehead atoms. The molecule has 0 fully saturated rings. The van der Waals surface area contributed by atoms with E-state index in [-0.39, 0.29) is 0 Å². The van der Waals surface area contributed by atoms with Crippen LogP contribution in [0.15, 0.2) is 170 Å². The van der Waals surface area contributed by atoms with E-state index in [1.54, 1.807) is 0 Å². The molecule has 0 N–H and O–H groups in total. The zero-order valence-electron chi connectivity index (χ0n) is 27.9. The molecule has 7 aromatic carbocycles. The quantitative estimate of drug-likeness (QED) is 0.186. The molecule has 0 saturated heterocycles. The summed E-state index contributed by atoms with van der Waals surface area (Å²) in [6.45, 7) is 2.15. The molecular weight excluding hydrogens is 623 g/mol. The van der Waals surface area contributed by atoms with Gasteiger partial charge in [0.15, 0.2) is 17.5 Å². The summed E-state index contributed by atoms with van der Waals surface area (Å²) in [5.41, 5.74) is 11.0. The van der Waals surface area contributed by atoms with Crippen molar-refractivity contribution >= 4 is 43.6 Å². The van der Waals surface area contributed by atoms with Crippen molar-refractivity contribution in [1.82, 2.24) is 24.1 Å². The Bertz CT molecular complexity index is 2850. The van der Waals surface area contributed by atoms with Crippen molar-refractivity contribution in [2.45, 2.75) is 6.92 Å². The van der Waals surface area contributed by atoms with Gasteiger partial charge < -0.3 is 9.13 Å². The van der Waals surface area contributed by atoms with Crippen LogP contribution in [0.25, 0.3) is 89.2 Å². The van der Waals surface area contributed by atoms with Crippen LogP contribution >= 0.6 is 0 Å². The Balaban J connectivity index is 1.20. The highest BCUT2D eigenvalue weighted by atomic mass is 15.0. The lowest BCUT2D eigenvalue weighted by atomic mass is 10.1. The fraction of sp³-hybridized carbons (Fsp3) is 0.0217. The predicted molar refractivity (Wildman–Crippen MR) is 210 cm³/mol. The van der Waals surface area contributed by atoms with Gasteiger partial charge in [-0.3, -0.25) is 0 Å². The summed E-state index contributed by atoms with van der Waals surface area (Å²) < 4.78 is 4.82. The lowest BCUT2D eigenvalue weighted by Gasteiger charge is -2.12. The zero-order chi connectivity index (χ0) is 33.9. The second-order valence-corrected chi connectivity index (χ2v) is 13.0. The molecule has 51 heavy (non-hydrogen) atoms. The minimum Gasteiger partial charge on any atom is -0.309 e. The van der Waals surface area contributed by atoms with Crippen LogP contribution in [0.2, 0.25) is 0 Å². The minimum absolute atomic E-state index is 0.639. The molecule has 0 aliphatic heterocycles. The third-order valence-electron chi connectivity index (χ3n) is 9.81. The van der Waals surface area contributed by atoms with Crippen molar-refractivity contribution in [3.8, 4) is 45.5 Å². The molecule has 0 radical (unpaired) electrons. The van der Waals surface area contributed by atoms with E-state index in [9.17, 15) is 0 Å². The maximum atomic E-state index is 4.97. The first-order chi connectivity index (χ1) is 25.2. The zero-order valence-corrected chi connectivity index (χ0v) is 27.9. The number of nitrogens with zero attached hydrogens (tertiary/aromatic N) is 5. The second kappa shape index (κ2) is 11.6. The van der Waals surface area contributed by atoms with Crippen LogP contribution in [0.1, 0.15) is 5.56 Å². The Morgan fingerprint density at radius 3 is 1.55 bits per heavy atom. The van der Waals surface area contributed by atoms with Crippen LogP contribution in [0, 0.1) is 6.92 Å². The Morgan fingerprint density at radius 2 is 0.922 bits per heavy atom. The van der Waals surface area contributed by atoms with Crippen molar-refractivity contribution in [1.29, 1.82) is 0 Å². The van der Waals surface area contributed by atoms with E-state index in [1.165, 1.54) is 43.7 Å². The van der Waals surface area contributed by atoms with Crippen molar-refractivity contribution in [2.24, 2.45) is 0 Å². The molecule has 10 aromatic rings. The van der Waals surface area contributed by atoms with Gasteiger partial charge in [0.25, 0.3) is 0 Å². The molecule has 240 valence electrons. The molecule has 0 unspecified atom stereocenters. The lowest BCUT2D eigenvalue weighted by Crippen LogP contribution is -2.00. The maximum Gasteiger partial charge on any atom is 0.164 e. The summed E-state index contributed by atoms with van der Waals surface area (Å²) in [5.74, 6) is 1.94. The normalized spacial score (nSPS) is 11.6. The summed E-state index contributed by atoms with van der Waals surface area (Å²) >= 11 is 0. The summed E-state index contributed by atoms with van der Waals surface area (Å²) in [6, 6.07) is 59.6. The fourth-order valence-electron chi connectivity index (χ4n) is 7.52. The SMILES string of the molecule is Cc1cccc(-n2c3ccccc3c3c2ccc2c4ccccc4n(-c4ccc(-c5nc(-c6ccccc6)nc(-c6ccccc6)n5)cc4)c23)c1. The molecule has 0 spiro atoms. The van der Waals surface area contributed by atoms with Gasteiger partial charge in [0.1, 0.15) is 0 Å². The molecule has 0 aliphatic rings. The first kappa shape index (κ1) is 29.1. The second-order valence-electron chi connectivity index (χ2n) is 13.0. The predicted octanol–water partition coefficient (Wildman–Crippen LogP) is 11.4. The summed E-state index contributed by atoms with van der Waals surface area (Å²) in [4.78, 5) is 14.8. The standard InChI is InChI=1S/C46H31N5/c1-30-13-12-18-35(29-30)50-40-22-11-9-20-38(40)42-41(50)28-27-37-36-19-8-10-21-39(36)51(43(37)42)34-25-23-33(24-26-34)46-48-44(31-14-4-2-5-15-31)47-45(49-46)32-16-6-3-7-17-32/h2-29H,1H3. The Kier molecular flexibility index (Phi) is 6.64. The third-order valence-corrected chi connectivity index (χ3v) is 9.81. The average Bonchev–Trinajstić information content (AvgIpc) is 3.71. The van der Waals surface area contributed by atoms with Gasteiger partial charge in [0.2, 0.25) is 0 Å². The van der Waals surface area contributed by atoms with E-state index in [4.69, 9.17) is 15.0 Å². The molecular formula is C46H31N5. The van der Waals surface area contributed by atoms with Crippen LogP contribution in [-0.2, 0) is 0 Å². The molecule has 10 rings (SSSR count). The number of rotatable bonds is 5. The highest BCUT2D eigenvalue weighted by Gasteiger charge is 2.21. The van der Waals surface area contributed by atoms with Crippen molar-refractivity contribution in [3.05, 3.63) is 175 Å². The van der Waals surface area contributed by atoms with Gasteiger partial charge in [-0.25, -0.2) is 15.0 Å². The highest BCUT2D eigenvalue weighted by Crippen LogP contribution is 2.42. The first-order valence-electron chi connectivity index (χ1n) is 17.2. The minimum atomic E-state index is 0.639. The van der Waals surface area contributed by atoms with Gasteiger partial charge >= 0.3 is 0 Å². The molecule has 3 aromatic heterocycles. The van der Waals surface area contributed by atoms with E-state index in [1.807, 2.05) is 60.7 Å². The molecule has 0 atom stereocenters. The van der Waals surface area contributed by atoms with Gasteiger partial charge in [-0.05, 0) is 67.1 Å². The first-order valence-corrected chi connectivity index (χ1v) is 17.2. The smallest absolute Gasteiger partial charge is 0.164 e. The highest BCUT2D eigenvalue weighted by molar-refractivity contribution is 6.26. The lowest BCUT2D eigenvalue weighted by molar-refractivity contribution is 1.07. The van der Waals surface area contributed by atoms with Gasteiger partial charge in [0, 0.05) is 49.6 Å².